The lowest BCUT2D eigenvalue weighted by Crippen LogP contribution is -2.38. The Morgan fingerprint density at radius 3 is 2.09 bits per heavy atom. The predicted octanol–water partition coefficient (Wildman–Crippen LogP) is 2.09. The van der Waals surface area contributed by atoms with E-state index in [1.807, 2.05) is 6.07 Å². The molecule has 4 atom stereocenters. The van der Waals surface area contributed by atoms with Gasteiger partial charge in [0.15, 0.2) is 0 Å². The Bertz CT molecular complexity index is 740. The molecule has 1 saturated heterocycles. The quantitative estimate of drug-likeness (QED) is 0.477. The standard InChI is InChI=1S/C18H15N3O2/c19-9-11-1-3-12(4-2-11)10-20-21-17(22)15-13-5-6-14(8-7-13)16(15)18(21)23/h1-6,10,13-16H,7-8H2/b20-10-/t13-,14-,15-,16-/m1/s1. The molecule has 1 aliphatic heterocycles. The van der Waals surface area contributed by atoms with Crippen LogP contribution < -0.4 is 0 Å². The molecule has 0 spiro atoms. The van der Waals surface area contributed by atoms with Gasteiger partial charge in [-0.2, -0.15) is 15.4 Å². The molecule has 1 saturated carbocycles. The van der Waals surface area contributed by atoms with Crippen molar-refractivity contribution in [2.24, 2.45) is 28.8 Å². The molecule has 1 aromatic rings. The number of nitriles is 1. The smallest absolute Gasteiger partial charge is 0.254 e. The number of fused-ring (bicyclic) bond motifs is 1. The summed E-state index contributed by atoms with van der Waals surface area (Å²) < 4.78 is 0. The maximum atomic E-state index is 12.6. The zero-order chi connectivity index (χ0) is 16.0. The maximum absolute atomic E-state index is 12.6. The van der Waals surface area contributed by atoms with Crippen LogP contribution in [0.3, 0.4) is 0 Å². The van der Waals surface area contributed by atoms with Crippen LogP contribution in [0.15, 0.2) is 41.5 Å². The van der Waals surface area contributed by atoms with Gasteiger partial charge < -0.3 is 0 Å². The number of allylic oxidation sites excluding steroid dienone is 2. The van der Waals surface area contributed by atoms with Gasteiger partial charge in [-0.3, -0.25) is 9.59 Å². The second-order valence-corrected chi connectivity index (χ2v) is 6.31. The summed E-state index contributed by atoms with van der Waals surface area (Å²) in [6.07, 6.45) is 7.65. The summed E-state index contributed by atoms with van der Waals surface area (Å²) >= 11 is 0. The van der Waals surface area contributed by atoms with Crippen molar-refractivity contribution in [1.82, 2.24) is 5.01 Å². The molecule has 3 aliphatic carbocycles. The highest BCUT2D eigenvalue weighted by molar-refractivity contribution is 6.06. The Morgan fingerprint density at radius 1 is 1.04 bits per heavy atom. The molecule has 0 unspecified atom stereocenters. The molecule has 0 radical (unpaired) electrons. The molecule has 5 nitrogen and oxygen atoms in total. The van der Waals surface area contributed by atoms with Crippen molar-refractivity contribution in [3.05, 3.63) is 47.5 Å². The number of benzene rings is 1. The normalized spacial score (nSPS) is 31.7. The molecule has 2 amide bonds. The zero-order valence-electron chi connectivity index (χ0n) is 12.4. The molecule has 1 aromatic carbocycles. The van der Waals surface area contributed by atoms with Crippen LogP contribution in [0.25, 0.3) is 0 Å². The molecule has 5 rings (SSSR count). The topological polar surface area (TPSA) is 73.5 Å². The molecule has 0 aromatic heterocycles. The van der Waals surface area contributed by atoms with Gasteiger partial charge in [-0.25, -0.2) is 0 Å². The first kappa shape index (κ1) is 13.9. The third-order valence-electron chi connectivity index (χ3n) is 5.10. The number of hydrogen-bond donors (Lipinski definition) is 0. The van der Waals surface area contributed by atoms with E-state index in [-0.39, 0.29) is 35.5 Å². The highest BCUT2D eigenvalue weighted by Crippen LogP contribution is 2.49. The minimum Gasteiger partial charge on any atom is -0.272 e. The number of rotatable bonds is 2. The number of amides is 2. The van der Waals surface area contributed by atoms with Crippen LogP contribution in [0.1, 0.15) is 24.0 Å². The molecule has 5 heteroatoms. The highest BCUT2D eigenvalue weighted by atomic mass is 16.2. The highest BCUT2D eigenvalue weighted by Gasteiger charge is 2.56. The average Bonchev–Trinajstić information content (AvgIpc) is 2.88. The van der Waals surface area contributed by atoms with Crippen LogP contribution in [0.5, 0.6) is 0 Å². The van der Waals surface area contributed by atoms with E-state index < -0.39 is 0 Å². The molecular weight excluding hydrogens is 290 g/mol. The van der Waals surface area contributed by atoms with Crippen LogP contribution in [0, 0.1) is 35.0 Å². The van der Waals surface area contributed by atoms with Gasteiger partial charge in [0.05, 0.1) is 29.7 Å². The van der Waals surface area contributed by atoms with E-state index in [4.69, 9.17) is 5.26 Å². The summed E-state index contributed by atoms with van der Waals surface area (Å²) in [6, 6.07) is 8.89. The van der Waals surface area contributed by atoms with Crippen LogP contribution in [0.4, 0.5) is 0 Å². The van der Waals surface area contributed by atoms with Crippen molar-refractivity contribution in [3.8, 4) is 6.07 Å². The molecule has 23 heavy (non-hydrogen) atoms. The minimum atomic E-state index is -0.232. The van der Waals surface area contributed by atoms with E-state index in [2.05, 4.69) is 17.3 Å². The fourth-order valence-corrected chi connectivity index (χ4v) is 3.94. The molecule has 114 valence electrons. The Balaban J connectivity index is 1.58. The van der Waals surface area contributed by atoms with Gasteiger partial charge in [0, 0.05) is 0 Å². The Kier molecular flexibility index (Phi) is 3.12. The number of imide groups is 1. The summed E-state index contributed by atoms with van der Waals surface area (Å²) in [5.41, 5.74) is 1.31. The first-order chi connectivity index (χ1) is 11.2. The first-order valence-corrected chi connectivity index (χ1v) is 7.79. The van der Waals surface area contributed by atoms with Gasteiger partial charge in [0.25, 0.3) is 11.8 Å². The molecule has 0 N–H and O–H groups in total. The second kappa shape index (κ2) is 5.17. The van der Waals surface area contributed by atoms with E-state index >= 15 is 0 Å². The Labute approximate surface area is 133 Å². The summed E-state index contributed by atoms with van der Waals surface area (Å²) in [7, 11) is 0. The SMILES string of the molecule is N#Cc1ccc(/C=N\N2C(=O)[C@H]3[C@H](C2=O)[C@@H]2C=C[C@@H]3CC2)cc1. The van der Waals surface area contributed by atoms with Gasteiger partial charge in [0.2, 0.25) is 0 Å². The zero-order valence-corrected chi connectivity index (χ0v) is 12.4. The largest absolute Gasteiger partial charge is 0.272 e. The number of carbonyl (C=O) groups excluding carboxylic acids is 2. The van der Waals surface area contributed by atoms with Crippen LogP contribution in [-0.4, -0.2) is 23.0 Å². The summed E-state index contributed by atoms with van der Waals surface area (Å²) in [5.74, 6) is -0.463. The van der Waals surface area contributed by atoms with E-state index in [1.165, 1.54) is 6.21 Å². The van der Waals surface area contributed by atoms with Crippen molar-refractivity contribution in [2.75, 3.05) is 0 Å². The fraction of sp³-hybridized carbons (Fsp3) is 0.333. The number of hydrogen-bond acceptors (Lipinski definition) is 4. The molecule has 2 fully saturated rings. The monoisotopic (exact) mass is 305 g/mol. The summed E-state index contributed by atoms with van der Waals surface area (Å²) in [6.45, 7) is 0. The van der Waals surface area contributed by atoms with E-state index in [0.29, 0.717) is 5.56 Å². The number of nitrogens with zero attached hydrogens (tertiary/aromatic N) is 3. The van der Waals surface area contributed by atoms with Crippen molar-refractivity contribution >= 4 is 18.0 Å². The second-order valence-electron chi connectivity index (χ2n) is 6.31. The van der Waals surface area contributed by atoms with Crippen molar-refractivity contribution < 1.29 is 9.59 Å². The van der Waals surface area contributed by atoms with Gasteiger partial charge in [-0.05, 0) is 42.4 Å². The summed E-state index contributed by atoms with van der Waals surface area (Å²) in [4.78, 5) is 25.2. The lowest BCUT2D eigenvalue weighted by atomic mass is 9.63. The molecular formula is C18H15N3O2. The van der Waals surface area contributed by atoms with E-state index in [1.54, 1.807) is 24.3 Å². The molecule has 1 heterocycles. The lowest BCUT2D eigenvalue weighted by Gasteiger charge is -2.37. The van der Waals surface area contributed by atoms with Crippen LogP contribution >= 0.6 is 0 Å². The van der Waals surface area contributed by atoms with Crippen molar-refractivity contribution in [3.63, 3.8) is 0 Å². The van der Waals surface area contributed by atoms with Crippen LogP contribution in [0.2, 0.25) is 0 Å². The first-order valence-electron chi connectivity index (χ1n) is 7.79. The van der Waals surface area contributed by atoms with E-state index in [0.717, 1.165) is 23.4 Å². The minimum absolute atomic E-state index is 0.177. The summed E-state index contributed by atoms with van der Waals surface area (Å²) in [5, 5.41) is 14.0. The third kappa shape index (κ3) is 2.10. The van der Waals surface area contributed by atoms with Crippen LogP contribution in [-0.2, 0) is 9.59 Å². The van der Waals surface area contributed by atoms with E-state index in [9.17, 15) is 9.59 Å². The average molecular weight is 305 g/mol. The number of carbonyl (C=O) groups is 2. The Morgan fingerprint density at radius 2 is 1.61 bits per heavy atom. The maximum Gasteiger partial charge on any atom is 0.254 e. The van der Waals surface area contributed by atoms with Gasteiger partial charge >= 0.3 is 0 Å². The Hall–Kier alpha value is -2.74. The lowest BCUT2D eigenvalue weighted by molar-refractivity contribution is -0.140. The predicted molar refractivity (Wildman–Crippen MR) is 82.9 cm³/mol. The van der Waals surface area contributed by atoms with Gasteiger partial charge in [-0.1, -0.05) is 24.3 Å². The fourth-order valence-electron chi connectivity index (χ4n) is 3.94. The molecule has 4 aliphatic rings. The number of hydrazone groups is 1. The van der Waals surface area contributed by atoms with Crippen molar-refractivity contribution in [2.45, 2.75) is 12.8 Å². The van der Waals surface area contributed by atoms with Gasteiger partial charge in [-0.15, -0.1) is 0 Å². The molecule has 2 bridgehead atoms. The van der Waals surface area contributed by atoms with Gasteiger partial charge in [0.1, 0.15) is 0 Å². The third-order valence-corrected chi connectivity index (χ3v) is 5.10. The van der Waals surface area contributed by atoms with Crippen molar-refractivity contribution in [1.29, 1.82) is 5.26 Å².